The fraction of sp³-hybridized carbons (Fsp3) is 0.625. The van der Waals surface area contributed by atoms with Gasteiger partial charge in [-0.3, -0.25) is 4.57 Å². The summed E-state index contributed by atoms with van der Waals surface area (Å²) in [6.45, 7) is -0.974. The third kappa shape index (κ3) is 3.63. The molecule has 1 saturated heterocycles. The number of hydrogen-bond acceptors (Lipinski definition) is 7. The molecule has 0 spiro atoms. The van der Waals surface area contributed by atoms with Crippen LogP contribution in [-0.4, -0.2) is 56.1 Å². The van der Waals surface area contributed by atoms with Crippen molar-refractivity contribution in [2.75, 3.05) is 13.2 Å². The van der Waals surface area contributed by atoms with E-state index in [2.05, 4.69) is 4.98 Å². The Bertz CT molecular complexity index is 749. The van der Waals surface area contributed by atoms with Crippen LogP contribution in [0.4, 0.5) is 4.39 Å². The van der Waals surface area contributed by atoms with Gasteiger partial charge < -0.3 is 24.8 Å². The molecule has 2 heterocycles. The number of hydrogen-bond donors (Lipinski definition) is 3. The molecule has 10 heteroatoms. The number of alkyl halides is 1. The van der Waals surface area contributed by atoms with Crippen molar-refractivity contribution >= 4 is 11.6 Å². The Morgan fingerprint density at radius 1 is 1.46 bits per heavy atom. The van der Waals surface area contributed by atoms with Crippen LogP contribution in [0.15, 0.2) is 22.6 Å². The standard InChI is InChI=1S/C16H20ClFN2O6/c17-10-7-20(14-11(22)12(23)16(18,8-21)26-14)15(24)19-13(10)25-6-5-9-3-1-2-4-9/h5,7,11-12,14,21-23H,1-4,6,8H2/t11-,12+,14-,16-/m1/s1. The SMILES string of the molecule is O=c1nc(OCC=C2CCCC2)c(Cl)cn1[C@@H]1O[C@](F)(CO)[C@@H](O)[C@H]1O. The van der Waals surface area contributed by atoms with Gasteiger partial charge in [-0.05, 0) is 31.8 Å². The highest BCUT2D eigenvalue weighted by molar-refractivity contribution is 6.31. The second kappa shape index (κ2) is 7.61. The molecule has 2 fully saturated rings. The van der Waals surface area contributed by atoms with Crippen molar-refractivity contribution in [3.63, 3.8) is 0 Å². The van der Waals surface area contributed by atoms with Crippen LogP contribution in [0.1, 0.15) is 31.9 Å². The molecule has 4 atom stereocenters. The highest BCUT2D eigenvalue weighted by Gasteiger charge is 2.56. The minimum absolute atomic E-state index is 0.0416. The van der Waals surface area contributed by atoms with E-state index in [1.807, 2.05) is 6.08 Å². The van der Waals surface area contributed by atoms with Crippen molar-refractivity contribution in [2.45, 2.75) is 50.0 Å². The van der Waals surface area contributed by atoms with Crippen LogP contribution in [0.2, 0.25) is 5.02 Å². The van der Waals surface area contributed by atoms with Crippen LogP contribution in [0.3, 0.4) is 0 Å². The molecule has 1 aromatic heterocycles. The van der Waals surface area contributed by atoms with Gasteiger partial charge in [0.2, 0.25) is 5.88 Å². The van der Waals surface area contributed by atoms with Crippen LogP contribution >= 0.6 is 11.6 Å². The Kier molecular flexibility index (Phi) is 5.64. The molecule has 0 bridgehead atoms. The molecule has 0 aromatic carbocycles. The molecular formula is C16H20ClFN2O6. The van der Waals surface area contributed by atoms with Crippen molar-refractivity contribution in [3.05, 3.63) is 33.4 Å². The topological polar surface area (TPSA) is 114 Å². The van der Waals surface area contributed by atoms with Crippen LogP contribution in [-0.2, 0) is 4.74 Å². The largest absolute Gasteiger partial charge is 0.472 e. The van der Waals surface area contributed by atoms with Crippen molar-refractivity contribution < 1.29 is 29.2 Å². The lowest BCUT2D eigenvalue weighted by atomic mass is 10.1. The van der Waals surface area contributed by atoms with E-state index in [-0.39, 0.29) is 17.5 Å². The normalized spacial score (nSPS) is 31.4. The average molecular weight is 391 g/mol. The summed E-state index contributed by atoms with van der Waals surface area (Å²) in [5.74, 6) is -2.98. The molecule has 144 valence electrons. The molecule has 1 saturated carbocycles. The van der Waals surface area contributed by atoms with E-state index in [1.165, 1.54) is 5.57 Å². The molecule has 3 rings (SSSR count). The molecule has 26 heavy (non-hydrogen) atoms. The number of ether oxygens (including phenoxy) is 2. The Morgan fingerprint density at radius 2 is 2.15 bits per heavy atom. The summed E-state index contributed by atoms with van der Waals surface area (Å²) in [7, 11) is 0. The van der Waals surface area contributed by atoms with E-state index >= 15 is 0 Å². The quantitative estimate of drug-likeness (QED) is 0.633. The molecule has 2 aliphatic rings. The summed E-state index contributed by atoms with van der Waals surface area (Å²) in [5.41, 5.74) is 0.380. The zero-order valence-corrected chi connectivity index (χ0v) is 14.6. The van der Waals surface area contributed by atoms with E-state index in [1.54, 1.807) is 0 Å². The first-order valence-corrected chi connectivity index (χ1v) is 8.66. The van der Waals surface area contributed by atoms with Gasteiger partial charge in [0.05, 0.1) is 0 Å². The second-order valence-corrected chi connectivity index (χ2v) is 6.76. The zero-order valence-electron chi connectivity index (χ0n) is 13.8. The highest BCUT2D eigenvalue weighted by Crippen LogP contribution is 2.38. The summed E-state index contributed by atoms with van der Waals surface area (Å²) in [6.07, 6.45) is 1.96. The minimum Gasteiger partial charge on any atom is -0.472 e. The number of aromatic nitrogens is 2. The Morgan fingerprint density at radius 3 is 2.77 bits per heavy atom. The molecule has 0 amide bonds. The van der Waals surface area contributed by atoms with Crippen molar-refractivity contribution in [2.24, 2.45) is 0 Å². The van der Waals surface area contributed by atoms with Crippen molar-refractivity contribution in [1.29, 1.82) is 0 Å². The minimum atomic E-state index is -2.89. The lowest BCUT2D eigenvalue weighted by Gasteiger charge is -2.20. The molecule has 1 aromatic rings. The summed E-state index contributed by atoms with van der Waals surface area (Å²) in [6, 6.07) is 0. The van der Waals surface area contributed by atoms with Crippen LogP contribution in [0.25, 0.3) is 0 Å². The predicted octanol–water partition coefficient (Wildman–Crippen LogP) is 0.685. The smallest absolute Gasteiger partial charge is 0.353 e. The number of aliphatic hydroxyl groups excluding tert-OH is 3. The fourth-order valence-electron chi connectivity index (χ4n) is 3.09. The van der Waals surface area contributed by atoms with Gasteiger partial charge in [0.25, 0.3) is 5.85 Å². The van der Waals surface area contributed by atoms with Gasteiger partial charge in [-0.2, -0.15) is 4.98 Å². The van der Waals surface area contributed by atoms with Gasteiger partial charge in [0.1, 0.15) is 30.4 Å². The van der Waals surface area contributed by atoms with E-state index in [9.17, 15) is 19.4 Å². The van der Waals surface area contributed by atoms with Gasteiger partial charge >= 0.3 is 5.69 Å². The first kappa shape index (κ1) is 19.2. The van der Waals surface area contributed by atoms with E-state index < -0.39 is 36.6 Å². The summed E-state index contributed by atoms with van der Waals surface area (Å²) in [4.78, 5) is 15.9. The number of halogens is 2. The van der Waals surface area contributed by atoms with Crippen molar-refractivity contribution in [1.82, 2.24) is 9.55 Å². The molecule has 3 N–H and O–H groups in total. The van der Waals surface area contributed by atoms with Gasteiger partial charge in [0.15, 0.2) is 6.23 Å². The molecule has 1 aliphatic carbocycles. The Hall–Kier alpha value is -1.52. The lowest BCUT2D eigenvalue weighted by Crippen LogP contribution is -2.42. The molecule has 0 unspecified atom stereocenters. The Balaban J connectivity index is 1.77. The van der Waals surface area contributed by atoms with Gasteiger partial charge in [-0.15, -0.1) is 0 Å². The zero-order chi connectivity index (χ0) is 18.9. The summed E-state index contributed by atoms with van der Waals surface area (Å²) >= 11 is 6.05. The van der Waals surface area contributed by atoms with Gasteiger partial charge in [0, 0.05) is 6.20 Å². The fourth-order valence-corrected chi connectivity index (χ4v) is 3.29. The third-order valence-corrected chi connectivity index (χ3v) is 4.84. The first-order valence-electron chi connectivity index (χ1n) is 8.29. The number of nitrogens with zero attached hydrogens (tertiary/aromatic N) is 2. The number of rotatable bonds is 5. The number of allylic oxidation sites excluding steroid dienone is 1. The third-order valence-electron chi connectivity index (χ3n) is 4.58. The van der Waals surface area contributed by atoms with E-state index in [0.717, 1.165) is 36.4 Å². The Labute approximate surface area is 153 Å². The van der Waals surface area contributed by atoms with Crippen molar-refractivity contribution in [3.8, 4) is 5.88 Å². The van der Waals surface area contributed by atoms with Crippen LogP contribution in [0, 0.1) is 0 Å². The number of aliphatic hydroxyl groups is 3. The van der Waals surface area contributed by atoms with Gasteiger partial charge in [-0.25, -0.2) is 9.18 Å². The molecule has 0 radical (unpaired) electrons. The average Bonchev–Trinajstić information content (AvgIpc) is 3.21. The van der Waals surface area contributed by atoms with Crippen LogP contribution < -0.4 is 10.4 Å². The molecule has 1 aliphatic heterocycles. The molecular weight excluding hydrogens is 371 g/mol. The summed E-state index contributed by atoms with van der Waals surface area (Å²) < 4.78 is 25.1. The van der Waals surface area contributed by atoms with Crippen LogP contribution in [0.5, 0.6) is 5.88 Å². The maximum absolute atomic E-state index is 14.2. The lowest BCUT2D eigenvalue weighted by molar-refractivity contribution is -0.207. The maximum atomic E-state index is 14.2. The second-order valence-electron chi connectivity index (χ2n) is 6.35. The maximum Gasteiger partial charge on any atom is 0.353 e. The van der Waals surface area contributed by atoms with Gasteiger partial charge in [-0.1, -0.05) is 17.2 Å². The van der Waals surface area contributed by atoms with E-state index in [4.69, 9.17) is 26.2 Å². The highest BCUT2D eigenvalue weighted by atomic mass is 35.5. The molecule has 8 nitrogen and oxygen atoms in total. The predicted molar refractivity (Wildman–Crippen MR) is 88.6 cm³/mol. The summed E-state index contributed by atoms with van der Waals surface area (Å²) in [5, 5.41) is 28.6. The first-order chi connectivity index (χ1) is 12.4. The monoisotopic (exact) mass is 390 g/mol. The van der Waals surface area contributed by atoms with E-state index in [0.29, 0.717) is 0 Å².